The van der Waals surface area contributed by atoms with Gasteiger partial charge in [0.05, 0.1) is 31.6 Å². The molecule has 2 aromatic carbocycles. The van der Waals surface area contributed by atoms with Gasteiger partial charge < -0.3 is 19.1 Å². The average Bonchev–Trinajstić information content (AvgIpc) is 3.49. The number of hydrogen-bond donors (Lipinski definition) is 0. The Bertz CT molecular complexity index is 1040. The largest absolute Gasteiger partial charge is 0.493 e. The summed E-state index contributed by atoms with van der Waals surface area (Å²) in [6.07, 6.45) is 3.89. The Balaban J connectivity index is 1.74. The van der Waals surface area contributed by atoms with Crippen molar-refractivity contribution in [3.8, 4) is 28.4 Å². The van der Waals surface area contributed by atoms with E-state index in [0.717, 1.165) is 30.7 Å². The predicted octanol–water partition coefficient (Wildman–Crippen LogP) is 3.81. The number of carbonyl (C=O) groups excluding carboxylic acids is 1. The van der Waals surface area contributed by atoms with Crippen LogP contribution in [0.25, 0.3) is 16.9 Å². The van der Waals surface area contributed by atoms with Crippen molar-refractivity contribution in [3.63, 3.8) is 0 Å². The molecule has 0 N–H and O–H groups in total. The van der Waals surface area contributed by atoms with Gasteiger partial charge in [-0.2, -0.15) is 5.10 Å². The number of para-hydroxylation sites is 1. The molecule has 1 atom stereocenters. The lowest BCUT2D eigenvalue weighted by Crippen LogP contribution is -2.34. The van der Waals surface area contributed by atoms with E-state index in [0.29, 0.717) is 29.3 Å². The topological polar surface area (TPSA) is 65.8 Å². The molecule has 0 radical (unpaired) electrons. The normalized spacial score (nSPS) is 15.6. The quantitative estimate of drug-likeness (QED) is 0.580. The van der Waals surface area contributed by atoms with E-state index < -0.39 is 0 Å². The number of rotatable bonds is 7. The Morgan fingerprint density at radius 3 is 2.61 bits per heavy atom. The number of hydrogen-bond acceptors (Lipinski definition) is 5. The molecule has 1 aliphatic heterocycles. The van der Waals surface area contributed by atoms with Gasteiger partial charge in [-0.3, -0.25) is 4.79 Å². The number of amides is 1. The Morgan fingerprint density at radius 1 is 1.16 bits per heavy atom. The van der Waals surface area contributed by atoms with Crippen LogP contribution in [0.2, 0.25) is 0 Å². The summed E-state index contributed by atoms with van der Waals surface area (Å²) in [6, 6.07) is 15.3. The highest BCUT2D eigenvalue weighted by atomic mass is 16.5. The van der Waals surface area contributed by atoms with Crippen LogP contribution in [0, 0.1) is 0 Å². The highest BCUT2D eigenvalue weighted by Gasteiger charge is 2.25. The SMILES string of the molecule is COc1ccc(-c2nn(-c3ccccc3)cc2C(=O)N(C)CC2CCCO2)cc1OC. The Morgan fingerprint density at radius 2 is 1.94 bits per heavy atom. The minimum absolute atomic E-state index is 0.0858. The molecule has 7 nitrogen and oxygen atoms in total. The van der Waals surface area contributed by atoms with Gasteiger partial charge in [0, 0.05) is 32.0 Å². The van der Waals surface area contributed by atoms with Gasteiger partial charge in [-0.1, -0.05) is 18.2 Å². The van der Waals surface area contributed by atoms with Gasteiger partial charge in [-0.05, 0) is 43.2 Å². The summed E-state index contributed by atoms with van der Waals surface area (Å²) in [5, 5.41) is 4.76. The van der Waals surface area contributed by atoms with Crippen molar-refractivity contribution in [3.05, 3.63) is 60.3 Å². The van der Waals surface area contributed by atoms with Crippen molar-refractivity contribution in [1.82, 2.24) is 14.7 Å². The monoisotopic (exact) mass is 421 g/mol. The highest BCUT2D eigenvalue weighted by Crippen LogP contribution is 2.34. The first-order chi connectivity index (χ1) is 15.1. The van der Waals surface area contributed by atoms with Crippen LogP contribution >= 0.6 is 0 Å². The van der Waals surface area contributed by atoms with Crippen LogP contribution in [-0.2, 0) is 4.74 Å². The van der Waals surface area contributed by atoms with E-state index in [1.54, 1.807) is 30.0 Å². The number of nitrogens with zero attached hydrogens (tertiary/aromatic N) is 3. The fraction of sp³-hybridized carbons (Fsp3) is 0.333. The van der Waals surface area contributed by atoms with Crippen molar-refractivity contribution in [2.75, 3.05) is 34.4 Å². The Hall–Kier alpha value is -3.32. The molecule has 1 aliphatic rings. The second kappa shape index (κ2) is 9.22. The Kier molecular flexibility index (Phi) is 6.23. The maximum Gasteiger partial charge on any atom is 0.257 e. The van der Waals surface area contributed by atoms with Crippen LogP contribution in [0.4, 0.5) is 0 Å². The molecule has 0 saturated carbocycles. The van der Waals surface area contributed by atoms with Crippen LogP contribution in [-0.4, -0.2) is 61.1 Å². The lowest BCUT2D eigenvalue weighted by Gasteiger charge is -2.20. The number of carbonyl (C=O) groups is 1. The van der Waals surface area contributed by atoms with Crippen molar-refractivity contribution in [1.29, 1.82) is 0 Å². The van der Waals surface area contributed by atoms with E-state index in [-0.39, 0.29) is 12.0 Å². The van der Waals surface area contributed by atoms with Crippen LogP contribution < -0.4 is 9.47 Å². The first-order valence-electron chi connectivity index (χ1n) is 10.3. The molecular weight excluding hydrogens is 394 g/mol. The van der Waals surface area contributed by atoms with E-state index in [4.69, 9.17) is 19.3 Å². The van der Waals surface area contributed by atoms with Gasteiger partial charge in [0.2, 0.25) is 0 Å². The van der Waals surface area contributed by atoms with E-state index in [1.807, 2.05) is 55.6 Å². The van der Waals surface area contributed by atoms with Crippen LogP contribution in [0.3, 0.4) is 0 Å². The van der Waals surface area contributed by atoms with E-state index >= 15 is 0 Å². The van der Waals surface area contributed by atoms with Crippen molar-refractivity contribution < 1.29 is 19.0 Å². The summed E-state index contributed by atoms with van der Waals surface area (Å²) in [4.78, 5) is 15.1. The van der Waals surface area contributed by atoms with Crippen molar-refractivity contribution >= 4 is 5.91 Å². The number of ether oxygens (including phenoxy) is 3. The summed E-state index contributed by atoms with van der Waals surface area (Å²) in [5.41, 5.74) is 2.77. The average molecular weight is 421 g/mol. The maximum absolute atomic E-state index is 13.4. The molecule has 31 heavy (non-hydrogen) atoms. The van der Waals surface area contributed by atoms with Gasteiger partial charge >= 0.3 is 0 Å². The fourth-order valence-corrected chi connectivity index (χ4v) is 3.82. The molecule has 1 amide bonds. The maximum atomic E-state index is 13.4. The first-order valence-corrected chi connectivity index (χ1v) is 10.3. The molecule has 4 rings (SSSR count). The number of methoxy groups -OCH3 is 2. The summed E-state index contributed by atoms with van der Waals surface area (Å²) in [5.74, 6) is 1.11. The summed E-state index contributed by atoms with van der Waals surface area (Å²) >= 11 is 0. The lowest BCUT2D eigenvalue weighted by molar-refractivity contribution is 0.0587. The molecule has 1 aromatic heterocycles. The standard InChI is InChI=1S/C24H27N3O4/c1-26(15-19-10-7-13-31-19)24(28)20-16-27(18-8-5-4-6-9-18)25-23(20)17-11-12-21(29-2)22(14-17)30-3/h4-6,8-9,11-12,14,16,19H,7,10,13,15H2,1-3H3. The smallest absolute Gasteiger partial charge is 0.257 e. The third-order valence-electron chi connectivity index (χ3n) is 5.47. The number of aromatic nitrogens is 2. The number of likely N-dealkylation sites (N-methyl/N-ethyl adjacent to an activating group) is 1. The van der Waals surface area contributed by atoms with Gasteiger partial charge in [-0.15, -0.1) is 0 Å². The van der Waals surface area contributed by atoms with Crippen LogP contribution in [0.5, 0.6) is 11.5 Å². The molecule has 3 aromatic rings. The van der Waals surface area contributed by atoms with Gasteiger partial charge in [0.25, 0.3) is 5.91 Å². The molecular formula is C24H27N3O4. The zero-order valence-electron chi connectivity index (χ0n) is 18.1. The zero-order chi connectivity index (χ0) is 21.8. The summed E-state index contributed by atoms with van der Waals surface area (Å²) < 4.78 is 18.3. The Labute approximate surface area is 182 Å². The minimum atomic E-state index is -0.0949. The molecule has 7 heteroatoms. The van der Waals surface area contributed by atoms with Gasteiger partial charge in [0.1, 0.15) is 5.69 Å². The zero-order valence-corrected chi connectivity index (χ0v) is 18.1. The summed E-state index contributed by atoms with van der Waals surface area (Å²) in [6.45, 7) is 1.32. The molecule has 1 fully saturated rings. The molecule has 1 unspecified atom stereocenters. The number of benzene rings is 2. The molecule has 1 saturated heterocycles. The second-order valence-electron chi connectivity index (χ2n) is 7.56. The molecule has 162 valence electrons. The predicted molar refractivity (Wildman–Crippen MR) is 118 cm³/mol. The third kappa shape index (κ3) is 4.41. The summed E-state index contributed by atoms with van der Waals surface area (Å²) in [7, 11) is 4.99. The molecule has 0 spiro atoms. The highest BCUT2D eigenvalue weighted by molar-refractivity contribution is 6.00. The molecule has 0 aliphatic carbocycles. The lowest BCUT2D eigenvalue weighted by atomic mass is 10.1. The third-order valence-corrected chi connectivity index (χ3v) is 5.47. The second-order valence-corrected chi connectivity index (χ2v) is 7.56. The molecule has 2 heterocycles. The van der Waals surface area contributed by atoms with Crippen LogP contribution in [0.1, 0.15) is 23.2 Å². The van der Waals surface area contributed by atoms with Gasteiger partial charge in [0.15, 0.2) is 11.5 Å². The molecule has 0 bridgehead atoms. The minimum Gasteiger partial charge on any atom is -0.493 e. The van der Waals surface area contributed by atoms with Crippen molar-refractivity contribution in [2.24, 2.45) is 0 Å². The van der Waals surface area contributed by atoms with E-state index in [9.17, 15) is 4.79 Å². The van der Waals surface area contributed by atoms with E-state index in [2.05, 4.69) is 0 Å². The van der Waals surface area contributed by atoms with Gasteiger partial charge in [-0.25, -0.2) is 4.68 Å². The fourth-order valence-electron chi connectivity index (χ4n) is 3.82. The van der Waals surface area contributed by atoms with E-state index in [1.165, 1.54) is 0 Å². The van der Waals surface area contributed by atoms with Crippen LogP contribution in [0.15, 0.2) is 54.7 Å². The first kappa shape index (κ1) is 20.9. The van der Waals surface area contributed by atoms with Crippen molar-refractivity contribution in [2.45, 2.75) is 18.9 Å².